The van der Waals surface area contributed by atoms with Gasteiger partial charge in [-0.1, -0.05) is 24.3 Å². The van der Waals surface area contributed by atoms with E-state index in [4.69, 9.17) is 5.73 Å². The fourth-order valence-corrected chi connectivity index (χ4v) is 2.14. The molecule has 1 amide bonds. The first kappa shape index (κ1) is 10.5. The van der Waals surface area contributed by atoms with Crippen molar-refractivity contribution in [3.05, 3.63) is 54.5 Å². The van der Waals surface area contributed by atoms with Crippen LogP contribution in [0.3, 0.4) is 0 Å². The lowest BCUT2D eigenvalue weighted by molar-refractivity contribution is 0.0997. The fraction of sp³-hybridized carbons (Fsp3) is 0. The van der Waals surface area contributed by atoms with Crippen LogP contribution in [0.5, 0.6) is 0 Å². The van der Waals surface area contributed by atoms with Crippen molar-refractivity contribution in [1.82, 2.24) is 9.97 Å². The number of H-pyrrole nitrogens is 1. The summed E-state index contributed by atoms with van der Waals surface area (Å²) in [6.45, 7) is 0. The number of rotatable bonds is 2. The molecular weight excluding hydrogens is 226 g/mol. The predicted molar refractivity (Wildman–Crippen MR) is 70.0 cm³/mol. The van der Waals surface area contributed by atoms with Gasteiger partial charge in [0.05, 0.1) is 0 Å². The first-order chi connectivity index (χ1) is 8.77. The van der Waals surface area contributed by atoms with E-state index in [0.29, 0.717) is 5.69 Å². The Morgan fingerprint density at radius 1 is 1.17 bits per heavy atom. The maximum absolute atomic E-state index is 11.5. The van der Waals surface area contributed by atoms with Gasteiger partial charge in [0.2, 0.25) is 0 Å². The number of pyridine rings is 1. The summed E-state index contributed by atoms with van der Waals surface area (Å²) >= 11 is 0. The van der Waals surface area contributed by atoms with Crippen LogP contribution in [0.25, 0.3) is 22.0 Å². The molecule has 0 atom stereocenters. The van der Waals surface area contributed by atoms with E-state index in [9.17, 15) is 4.79 Å². The lowest BCUT2D eigenvalue weighted by Gasteiger charge is -2.01. The number of aromatic nitrogens is 2. The van der Waals surface area contributed by atoms with Crippen molar-refractivity contribution in [1.29, 1.82) is 0 Å². The Morgan fingerprint density at radius 3 is 2.72 bits per heavy atom. The number of nitrogens with two attached hydrogens (primary N) is 1. The van der Waals surface area contributed by atoms with Crippen LogP contribution in [0.2, 0.25) is 0 Å². The van der Waals surface area contributed by atoms with Gasteiger partial charge in [0.15, 0.2) is 0 Å². The quantitative estimate of drug-likeness (QED) is 0.718. The normalized spacial score (nSPS) is 10.7. The lowest BCUT2D eigenvalue weighted by Crippen LogP contribution is -2.12. The third-order valence-electron chi connectivity index (χ3n) is 2.90. The number of carbonyl (C=O) groups is 1. The highest BCUT2D eigenvalue weighted by atomic mass is 16.1. The molecule has 3 aromatic rings. The molecule has 4 nitrogen and oxygen atoms in total. The van der Waals surface area contributed by atoms with E-state index in [1.54, 1.807) is 12.4 Å². The zero-order valence-electron chi connectivity index (χ0n) is 9.55. The highest BCUT2D eigenvalue weighted by Crippen LogP contribution is 2.31. The number of nitrogens with one attached hydrogen (secondary N) is 1. The van der Waals surface area contributed by atoms with Gasteiger partial charge >= 0.3 is 0 Å². The molecule has 3 rings (SSSR count). The Morgan fingerprint density at radius 2 is 2.00 bits per heavy atom. The maximum Gasteiger partial charge on any atom is 0.265 e. The summed E-state index contributed by atoms with van der Waals surface area (Å²) in [5.41, 5.74) is 8.43. The van der Waals surface area contributed by atoms with Gasteiger partial charge in [0.1, 0.15) is 5.69 Å². The highest BCUT2D eigenvalue weighted by Gasteiger charge is 2.16. The fourth-order valence-electron chi connectivity index (χ4n) is 2.14. The van der Waals surface area contributed by atoms with E-state index in [0.717, 1.165) is 22.0 Å². The van der Waals surface area contributed by atoms with E-state index >= 15 is 0 Å². The van der Waals surface area contributed by atoms with Gasteiger partial charge < -0.3 is 10.7 Å². The number of benzene rings is 1. The second-order valence-electron chi connectivity index (χ2n) is 4.03. The molecule has 1 aromatic carbocycles. The third kappa shape index (κ3) is 1.55. The van der Waals surface area contributed by atoms with Crippen LogP contribution in [0.15, 0.2) is 48.8 Å². The van der Waals surface area contributed by atoms with E-state index in [-0.39, 0.29) is 0 Å². The van der Waals surface area contributed by atoms with Crippen molar-refractivity contribution in [2.75, 3.05) is 0 Å². The van der Waals surface area contributed by atoms with Crippen LogP contribution >= 0.6 is 0 Å². The molecule has 0 aliphatic carbocycles. The van der Waals surface area contributed by atoms with E-state index < -0.39 is 5.91 Å². The molecule has 3 N–H and O–H groups in total. The molecule has 88 valence electrons. The van der Waals surface area contributed by atoms with Gasteiger partial charge in [0, 0.05) is 34.4 Å². The zero-order chi connectivity index (χ0) is 12.5. The molecule has 0 radical (unpaired) electrons. The first-order valence-corrected chi connectivity index (χ1v) is 5.58. The number of fused-ring (bicyclic) bond motifs is 1. The minimum absolute atomic E-state index is 0.421. The molecule has 18 heavy (non-hydrogen) atoms. The molecule has 0 saturated heterocycles. The van der Waals surface area contributed by atoms with Gasteiger partial charge in [-0.15, -0.1) is 0 Å². The van der Waals surface area contributed by atoms with Crippen LogP contribution in [-0.2, 0) is 0 Å². The molecule has 4 heteroatoms. The van der Waals surface area contributed by atoms with Crippen molar-refractivity contribution in [3.63, 3.8) is 0 Å². The molecule has 0 spiro atoms. The van der Waals surface area contributed by atoms with Crippen molar-refractivity contribution >= 4 is 16.8 Å². The minimum atomic E-state index is -0.468. The number of carbonyl (C=O) groups excluding carboxylic acids is 1. The number of hydrogen-bond acceptors (Lipinski definition) is 2. The summed E-state index contributed by atoms with van der Waals surface area (Å²) < 4.78 is 0. The Bertz CT molecular complexity index is 716. The van der Waals surface area contributed by atoms with E-state index in [1.165, 1.54) is 0 Å². The summed E-state index contributed by atoms with van der Waals surface area (Å²) in [6, 6.07) is 11.5. The maximum atomic E-state index is 11.5. The topological polar surface area (TPSA) is 71.8 Å². The molecule has 0 saturated carbocycles. The summed E-state index contributed by atoms with van der Waals surface area (Å²) in [5.74, 6) is -0.468. The molecule has 2 heterocycles. The molecule has 0 aliphatic heterocycles. The van der Waals surface area contributed by atoms with Gasteiger partial charge in [-0.05, 0) is 12.1 Å². The summed E-state index contributed by atoms with van der Waals surface area (Å²) in [5, 5.41) is 0.972. The predicted octanol–water partition coefficient (Wildman–Crippen LogP) is 2.33. The Balaban J connectivity index is 2.38. The summed E-state index contributed by atoms with van der Waals surface area (Å²) in [7, 11) is 0. The van der Waals surface area contributed by atoms with Crippen molar-refractivity contribution < 1.29 is 4.79 Å². The van der Waals surface area contributed by atoms with Crippen molar-refractivity contribution in [2.45, 2.75) is 0 Å². The molecular formula is C14H11N3O. The van der Waals surface area contributed by atoms with Crippen molar-refractivity contribution in [2.24, 2.45) is 5.73 Å². The molecule has 0 aliphatic rings. The Hall–Kier alpha value is -2.62. The second-order valence-corrected chi connectivity index (χ2v) is 4.03. The second kappa shape index (κ2) is 4.00. The SMILES string of the molecule is NC(=O)c1[nH]c2ccccc2c1-c1cccnc1. The van der Waals surface area contributed by atoms with E-state index in [1.807, 2.05) is 36.4 Å². The van der Waals surface area contributed by atoms with Gasteiger partial charge in [-0.3, -0.25) is 9.78 Å². The van der Waals surface area contributed by atoms with Crippen LogP contribution in [0, 0.1) is 0 Å². The molecule has 0 fully saturated rings. The van der Waals surface area contributed by atoms with Gasteiger partial charge in [0.25, 0.3) is 5.91 Å². The van der Waals surface area contributed by atoms with Crippen LogP contribution in [0.1, 0.15) is 10.5 Å². The van der Waals surface area contributed by atoms with E-state index in [2.05, 4.69) is 9.97 Å². The number of primary amides is 1. The van der Waals surface area contributed by atoms with Crippen LogP contribution < -0.4 is 5.73 Å². The van der Waals surface area contributed by atoms with Crippen LogP contribution in [-0.4, -0.2) is 15.9 Å². The number of aromatic amines is 1. The third-order valence-corrected chi connectivity index (χ3v) is 2.90. The highest BCUT2D eigenvalue weighted by molar-refractivity contribution is 6.09. The van der Waals surface area contributed by atoms with Gasteiger partial charge in [-0.2, -0.15) is 0 Å². The number of hydrogen-bond donors (Lipinski definition) is 2. The Labute approximate surface area is 103 Å². The first-order valence-electron chi connectivity index (χ1n) is 5.58. The van der Waals surface area contributed by atoms with Crippen LogP contribution in [0.4, 0.5) is 0 Å². The van der Waals surface area contributed by atoms with Crippen molar-refractivity contribution in [3.8, 4) is 11.1 Å². The molecule has 2 aromatic heterocycles. The lowest BCUT2D eigenvalue weighted by atomic mass is 10.0. The standard InChI is InChI=1S/C14H11N3O/c15-14(18)13-12(9-4-3-7-16-8-9)10-5-1-2-6-11(10)17-13/h1-8,17H,(H2,15,18). The largest absolute Gasteiger partial charge is 0.364 e. The minimum Gasteiger partial charge on any atom is -0.364 e. The Kier molecular flexibility index (Phi) is 2.34. The zero-order valence-corrected chi connectivity index (χ0v) is 9.55. The average molecular weight is 237 g/mol. The summed E-state index contributed by atoms with van der Waals surface area (Å²) in [4.78, 5) is 18.7. The number of amides is 1. The number of para-hydroxylation sites is 1. The average Bonchev–Trinajstić information content (AvgIpc) is 2.79. The van der Waals surface area contributed by atoms with Gasteiger partial charge in [-0.25, -0.2) is 0 Å². The summed E-state index contributed by atoms with van der Waals surface area (Å²) in [6.07, 6.45) is 3.42. The number of nitrogens with zero attached hydrogens (tertiary/aromatic N) is 1. The molecule has 0 bridgehead atoms. The molecule has 0 unspecified atom stereocenters. The monoisotopic (exact) mass is 237 g/mol. The smallest absolute Gasteiger partial charge is 0.265 e.